The lowest BCUT2D eigenvalue weighted by molar-refractivity contribution is -0.147. The molecule has 1 heterocycles. The molecular weight excluding hydrogens is 303 g/mol. The number of amides is 1. The Kier molecular flexibility index (Phi) is 4.86. The lowest BCUT2D eigenvalue weighted by Crippen LogP contribution is -2.50. The van der Waals surface area contributed by atoms with Crippen molar-refractivity contribution in [2.24, 2.45) is 5.92 Å². The predicted molar refractivity (Wildman–Crippen MR) is 77.3 cm³/mol. The van der Waals surface area contributed by atoms with Crippen molar-refractivity contribution in [3.63, 3.8) is 0 Å². The number of aliphatic carboxylic acids is 1. The van der Waals surface area contributed by atoms with Gasteiger partial charge in [0.1, 0.15) is 0 Å². The Morgan fingerprint density at radius 3 is 2.70 bits per heavy atom. The molecule has 0 saturated carbocycles. The maximum absolute atomic E-state index is 11.8. The Hall–Kier alpha value is -1.30. The number of benzene rings is 1. The van der Waals surface area contributed by atoms with Gasteiger partial charge >= 0.3 is 5.97 Å². The van der Waals surface area contributed by atoms with Crippen LogP contribution in [0.2, 0.25) is 10.0 Å². The molecule has 1 amide bonds. The van der Waals surface area contributed by atoms with Crippen LogP contribution in [-0.2, 0) is 9.59 Å². The second-order valence-corrected chi connectivity index (χ2v) is 5.56. The van der Waals surface area contributed by atoms with Crippen LogP contribution in [0.5, 0.6) is 0 Å². The van der Waals surface area contributed by atoms with E-state index in [-0.39, 0.29) is 18.2 Å². The Morgan fingerprint density at radius 1 is 1.35 bits per heavy atom. The topological polar surface area (TPSA) is 69.6 Å². The normalized spacial score (nSPS) is 15.7. The van der Waals surface area contributed by atoms with Crippen LogP contribution in [0.4, 0.5) is 5.69 Å². The molecule has 2 N–H and O–H groups in total. The third-order valence-electron chi connectivity index (χ3n) is 3.16. The number of nitrogens with zero attached hydrogens (tertiary/aromatic N) is 1. The summed E-state index contributed by atoms with van der Waals surface area (Å²) < 4.78 is 0. The standard InChI is InChI=1S/C13H14Cl2N2O3/c14-9-1-2-10(15)11(5-9)16-12(18)3-4-17-6-8(7-17)13(19)20/h1-2,5,8H,3-4,6-7H2,(H,16,18)(H,19,20). The van der Waals surface area contributed by atoms with Crippen molar-refractivity contribution in [2.75, 3.05) is 25.0 Å². The number of carbonyl (C=O) groups is 2. The minimum atomic E-state index is -0.781. The Labute approximate surface area is 126 Å². The number of likely N-dealkylation sites (tertiary alicyclic amines) is 1. The summed E-state index contributed by atoms with van der Waals surface area (Å²) in [6.07, 6.45) is 0.287. The van der Waals surface area contributed by atoms with Crippen LogP contribution < -0.4 is 5.32 Å². The molecule has 108 valence electrons. The monoisotopic (exact) mass is 316 g/mol. The van der Waals surface area contributed by atoms with E-state index in [2.05, 4.69) is 5.32 Å². The maximum atomic E-state index is 11.8. The first-order chi connectivity index (χ1) is 9.45. The van der Waals surface area contributed by atoms with E-state index in [0.717, 1.165) is 0 Å². The quantitative estimate of drug-likeness (QED) is 0.874. The minimum Gasteiger partial charge on any atom is -0.481 e. The highest BCUT2D eigenvalue weighted by Crippen LogP contribution is 2.25. The lowest BCUT2D eigenvalue weighted by atomic mass is 10.0. The molecule has 0 aliphatic carbocycles. The van der Waals surface area contributed by atoms with Crippen LogP contribution >= 0.6 is 23.2 Å². The van der Waals surface area contributed by atoms with Gasteiger partial charge in [0.15, 0.2) is 0 Å². The van der Waals surface area contributed by atoms with Crippen LogP contribution in [0.3, 0.4) is 0 Å². The molecule has 0 atom stereocenters. The van der Waals surface area contributed by atoms with Crippen LogP contribution in [0, 0.1) is 5.92 Å². The maximum Gasteiger partial charge on any atom is 0.309 e. The number of anilines is 1. The van der Waals surface area contributed by atoms with Crippen molar-refractivity contribution in [1.29, 1.82) is 0 Å². The van der Waals surface area contributed by atoms with Crippen LogP contribution in [0.1, 0.15) is 6.42 Å². The first-order valence-corrected chi connectivity index (χ1v) is 6.91. The van der Waals surface area contributed by atoms with Crippen LogP contribution in [-0.4, -0.2) is 41.5 Å². The van der Waals surface area contributed by atoms with Gasteiger partial charge in [0.05, 0.1) is 16.6 Å². The molecule has 20 heavy (non-hydrogen) atoms. The van der Waals surface area contributed by atoms with Gasteiger partial charge in [0.25, 0.3) is 0 Å². The van der Waals surface area contributed by atoms with E-state index in [0.29, 0.717) is 35.4 Å². The summed E-state index contributed by atoms with van der Waals surface area (Å²) in [5, 5.41) is 12.4. The zero-order valence-corrected chi connectivity index (χ0v) is 12.1. The summed E-state index contributed by atoms with van der Waals surface area (Å²) in [7, 11) is 0. The molecule has 0 unspecified atom stereocenters. The van der Waals surface area contributed by atoms with Crippen molar-refractivity contribution in [3.05, 3.63) is 28.2 Å². The van der Waals surface area contributed by atoms with Gasteiger partial charge in [0, 0.05) is 31.1 Å². The van der Waals surface area contributed by atoms with E-state index in [9.17, 15) is 9.59 Å². The average molecular weight is 317 g/mol. The van der Waals surface area contributed by atoms with Gasteiger partial charge in [-0.1, -0.05) is 23.2 Å². The lowest BCUT2D eigenvalue weighted by Gasteiger charge is -2.36. The highest BCUT2D eigenvalue weighted by Gasteiger charge is 2.32. The highest BCUT2D eigenvalue weighted by atomic mass is 35.5. The number of carboxylic acids is 1. The van der Waals surface area contributed by atoms with Gasteiger partial charge < -0.3 is 15.3 Å². The minimum absolute atomic E-state index is 0.173. The largest absolute Gasteiger partial charge is 0.481 e. The van der Waals surface area contributed by atoms with Gasteiger partial charge in [-0.3, -0.25) is 9.59 Å². The average Bonchev–Trinajstić information content (AvgIpc) is 2.31. The molecule has 5 nitrogen and oxygen atoms in total. The SMILES string of the molecule is O=C(CCN1CC(C(=O)O)C1)Nc1cc(Cl)ccc1Cl. The fraction of sp³-hybridized carbons (Fsp3) is 0.385. The van der Waals surface area contributed by atoms with Crippen molar-refractivity contribution in [3.8, 4) is 0 Å². The summed E-state index contributed by atoms with van der Waals surface area (Å²) in [4.78, 5) is 24.4. The van der Waals surface area contributed by atoms with Crippen molar-refractivity contribution >= 4 is 40.8 Å². The Balaban J connectivity index is 1.76. The number of hydrogen-bond acceptors (Lipinski definition) is 3. The van der Waals surface area contributed by atoms with Crippen molar-refractivity contribution in [2.45, 2.75) is 6.42 Å². The summed E-state index contributed by atoms with van der Waals surface area (Å²) >= 11 is 11.8. The van der Waals surface area contributed by atoms with Gasteiger partial charge in [0.2, 0.25) is 5.91 Å². The molecule has 0 bridgehead atoms. The van der Waals surface area contributed by atoms with E-state index in [1.54, 1.807) is 18.2 Å². The Morgan fingerprint density at radius 2 is 2.05 bits per heavy atom. The fourth-order valence-electron chi connectivity index (χ4n) is 1.97. The molecule has 1 aromatic carbocycles. The highest BCUT2D eigenvalue weighted by molar-refractivity contribution is 6.35. The molecule has 1 fully saturated rings. The number of carbonyl (C=O) groups excluding carboxylic acids is 1. The molecule has 1 saturated heterocycles. The smallest absolute Gasteiger partial charge is 0.309 e. The van der Waals surface area contributed by atoms with E-state index in [1.807, 2.05) is 4.90 Å². The zero-order chi connectivity index (χ0) is 14.7. The van der Waals surface area contributed by atoms with Crippen molar-refractivity contribution < 1.29 is 14.7 Å². The summed E-state index contributed by atoms with van der Waals surface area (Å²) in [5.74, 6) is -1.26. The number of hydrogen-bond donors (Lipinski definition) is 2. The van der Waals surface area contributed by atoms with Gasteiger partial charge in [-0.25, -0.2) is 0 Å². The number of carboxylic acid groups (broad SMARTS) is 1. The van der Waals surface area contributed by atoms with Gasteiger partial charge in [-0.15, -0.1) is 0 Å². The number of nitrogens with one attached hydrogen (secondary N) is 1. The molecule has 1 aliphatic rings. The second kappa shape index (κ2) is 6.43. The predicted octanol–water partition coefficient (Wildman–Crippen LogP) is 2.34. The fourth-order valence-corrected chi connectivity index (χ4v) is 2.31. The van der Waals surface area contributed by atoms with Crippen molar-refractivity contribution in [1.82, 2.24) is 4.90 Å². The zero-order valence-electron chi connectivity index (χ0n) is 10.6. The molecule has 1 aromatic rings. The number of halogens is 2. The van der Waals surface area contributed by atoms with E-state index < -0.39 is 5.97 Å². The molecule has 2 rings (SSSR count). The van der Waals surface area contributed by atoms with E-state index >= 15 is 0 Å². The van der Waals surface area contributed by atoms with Crippen LogP contribution in [0.25, 0.3) is 0 Å². The third kappa shape index (κ3) is 3.85. The summed E-state index contributed by atoms with van der Waals surface area (Å²) in [6, 6.07) is 4.85. The summed E-state index contributed by atoms with van der Waals surface area (Å²) in [5.41, 5.74) is 0.483. The Bertz CT molecular complexity index is 530. The molecule has 0 spiro atoms. The van der Waals surface area contributed by atoms with E-state index in [4.69, 9.17) is 28.3 Å². The van der Waals surface area contributed by atoms with Crippen LogP contribution in [0.15, 0.2) is 18.2 Å². The van der Waals surface area contributed by atoms with Gasteiger partial charge in [-0.05, 0) is 18.2 Å². The molecule has 0 aromatic heterocycles. The summed E-state index contributed by atoms with van der Waals surface area (Å²) in [6.45, 7) is 1.54. The molecular formula is C13H14Cl2N2O3. The molecule has 0 radical (unpaired) electrons. The first-order valence-electron chi connectivity index (χ1n) is 6.16. The van der Waals surface area contributed by atoms with Gasteiger partial charge in [-0.2, -0.15) is 0 Å². The molecule has 7 heteroatoms. The van der Waals surface area contributed by atoms with E-state index in [1.165, 1.54) is 0 Å². The first kappa shape index (κ1) is 15.1. The second-order valence-electron chi connectivity index (χ2n) is 4.72. The molecule has 1 aliphatic heterocycles. The third-order valence-corrected chi connectivity index (χ3v) is 3.73. The number of rotatable bonds is 5.